The number of rotatable bonds is 4. The molecule has 0 N–H and O–H groups in total. The van der Waals surface area contributed by atoms with E-state index in [0.29, 0.717) is 17.7 Å². The third kappa shape index (κ3) is 4.00. The summed E-state index contributed by atoms with van der Waals surface area (Å²) in [6.45, 7) is 0. The van der Waals surface area contributed by atoms with Gasteiger partial charge >= 0.3 is 0 Å². The number of benzene rings is 6. The zero-order valence-corrected chi connectivity index (χ0v) is 27.2. The van der Waals surface area contributed by atoms with Gasteiger partial charge in [-0.05, 0) is 42.5 Å². The average molecular weight is 654 g/mol. The second-order valence-corrected chi connectivity index (χ2v) is 12.8. The average Bonchev–Trinajstić information content (AvgIpc) is 3.84. The maximum absolute atomic E-state index is 5.32. The summed E-state index contributed by atoms with van der Waals surface area (Å²) in [4.78, 5) is 20.6. The van der Waals surface area contributed by atoms with Gasteiger partial charge in [0.25, 0.3) is 0 Å². The summed E-state index contributed by atoms with van der Waals surface area (Å²) in [6.07, 6.45) is 3.71. The molecular formula is C44H27N7. The molecule has 7 heteroatoms. The molecule has 5 heterocycles. The molecule has 0 amide bonds. The highest BCUT2D eigenvalue weighted by atomic mass is 15.3. The molecule has 0 fully saturated rings. The van der Waals surface area contributed by atoms with Crippen molar-refractivity contribution in [3.8, 4) is 29.0 Å². The van der Waals surface area contributed by atoms with E-state index in [9.17, 15) is 0 Å². The molecule has 0 bridgehead atoms. The zero-order chi connectivity index (χ0) is 33.5. The minimum atomic E-state index is 0.531. The number of para-hydroxylation sites is 6. The first kappa shape index (κ1) is 27.8. The summed E-state index contributed by atoms with van der Waals surface area (Å²) >= 11 is 0. The van der Waals surface area contributed by atoms with E-state index in [1.54, 1.807) is 0 Å². The molecule has 0 radical (unpaired) electrons. The fourth-order valence-electron chi connectivity index (χ4n) is 7.89. The van der Waals surface area contributed by atoms with Gasteiger partial charge in [-0.1, -0.05) is 109 Å². The summed E-state index contributed by atoms with van der Waals surface area (Å²) < 4.78 is 6.61. The quantitative estimate of drug-likeness (QED) is 0.190. The Labute approximate surface area is 291 Å². The van der Waals surface area contributed by atoms with Gasteiger partial charge in [-0.2, -0.15) is 15.0 Å². The summed E-state index contributed by atoms with van der Waals surface area (Å²) in [7, 11) is 0. The Morgan fingerprint density at radius 2 is 0.667 bits per heavy atom. The second kappa shape index (κ2) is 10.7. The van der Waals surface area contributed by atoms with Crippen molar-refractivity contribution in [2.45, 2.75) is 0 Å². The minimum Gasteiger partial charge on any atom is -0.308 e. The largest absolute Gasteiger partial charge is 0.308 e. The highest BCUT2D eigenvalue weighted by Crippen LogP contribution is 2.37. The van der Waals surface area contributed by atoms with Crippen molar-refractivity contribution >= 4 is 65.4 Å². The lowest BCUT2D eigenvalue weighted by atomic mass is 10.2. The Hall–Kier alpha value is -7.12. The molecule has 11 aromatic rings. The van der Waals surface area contributed by atoms with Crippen molar-refractivity contribution in [3.05, 3.63) is 164 Å². The first-order chi connectivity index (χ1) is 25.3. The normalized spacial score (nSPS) is 11.9. The smallest absolute Gasteiger partial charge is 0.240 e. The van der Waals surface area contributed by atoms with Gasteiger partial charge in [-0.3, -0.25) is 14.1 Å². The molecule has 5 aromatic heterocycles. The molecule has 0 unspecified atom stereocenters. The molecule has 51 heavy (non-hydrogen) atoms. The van der Waals surface area contributed by atoms with Gasteiger partial charge in [0.1, 0.15) is 0 Å². The Kier molecular flexibility index (Phi) is 5.83. The molecule has 11 rings (SSSR count). The molecular weight excluding hydrogens is 627 g/mol. The van der Waals surface area contributed by atoms with E-state index >= 15 is 0 Å². The number of nitrogens with zero attached hydrogens (tertiary/aromatic N) is 7. The monoisotopic (exact) mass is 653 g/mol. The molecule has 0 atom stereocenters. The van der Waals surface area contributed by atoms with Gasteiger partial charge < -0.3 is 4.57 Å². The first-order valence-electron chi connectivity index (χ1n) is 17.0. The third-order valence-corrected chi connectivity index (χ3v) is 10.0. The molecule has 0 spiro atoms. The molecule has 0 aliphatic carbocycles. The van der Waals surface area contributed by atoms with E-state index in [2.05, 4.69) is 170 Å². The molecule has 0 saturated carbocycles. The van der Waals surface area contributed by atoms with Gasteiger partial charge in [0, 0.05) is 44.7 Å². The SMILES string of the molecule is c1ccc2c(c1)c1ccccc1n2-c1nc(-c2cnccc2-n2c3ccccc3c3ccccc32)nc(-n2c3ccccc3c3ccccc32)n1. The number of hydrogen-bond acceptors (Lipinski definition) is 4. The lowest BCUT2D eigenvalue weighted by Gasteiger charge is -2.15. The van der Waals surface area contributed by atoms with Crippen LogP contribution in [-0.4, -0.2) is 33.6 Å². The molecule has 0 aliphatic heterocycles. The lowest BCUT2D eigenvalue weighted by molar-refractivity contribution is 0.891. The standard InChI is InChI=1S/C44H27N7/c1-7-19-35-28(13-1)29-14-2-8-20-36(29)49(35)41-25-26-45-27-34(41)42-46-43(50-37-21-9-3-15-30(37)31-16-4-10-22-38(31)50)48-44(47-42)51-39-23-11-5-17-32(39)33-18-6-12-24-40(33)51/h1-27H. The van der Waals surface area contributed by atoms with E-state index in [1.807, 2.05) is 12.4 Å². The fraction of sp³-hybridized carbons (Fsp3) is 0. The zero-order valence-electron chi connectivity index (χ0n) is 27.2. The summed E-state index contributed by atoms with van der Waals surface area (Å²) in [5.74, 6) is 1.60. The second-order valence-electron chi connectivity index (χ2n) is 12.8. The van der Waals surface area contributed by atoms with Gasteiger partial charge in [-0.25, -0.2) is 0 Å². The number of pyridine rings is 1. The minimum absolute atomic E-state index is 0.531. The highest BCUT2D eigenvalue weighted by Gasteiger charge is 2.23. The van der Waals surface area contributed by atoms with Crippen LogP contribution in [0.1, 0.15) is 0 Å². The van der Waals surface area contributed by atoms with Crippen LogP contribution in [0.25, 0.3) is 94.4 Å². The predicted octanol–water partition coefficient (Wildman–Crippen LogP) is 10.2. The van der Waals surface area contributed by atoms with Crippen LogP contribution in [0.15, 0.2) is 164 Å². The summed E-state index contributed by atoms with van der Waals surface area (Å²) in [5.41, 5.74) is 8.05. The van der Waals surface area contributed by atoms with Crippen LogP contribution >= 0.6 is 0 Å². The van der Waals surface area contributed by atoms with Crippen molar-refractivity contribution in [3.63, 3.8) is 0 Å². The van der Waals surface area contributed by atoms with Crippen molar-refractivity contribution in [1.29, 1.82) is 0 Å². The highest BCUT2D eigenvalue weighted by molar-refractivity contribution is 6.11. The maximum Gasteiger partial charge on any atom is 0.240 e. The van der Waals surface area contributed by atoms with Gasteiger partial charge in [0.05, 0.1) is 44.4 Å². The molecule has 0 saturated heterocycles. The summed E-state index contributed by atoms with van der Waals surface area (Å²) in [6, 6.07) is 52.8. The van der Waals surface area contributed by atoms with E-state index in [0.717, 1.165) is 65.9 Å². The van der Waals surface area contributed by atoms with Crippen LogP contribution in [0, 0.1) is 0 Å². The first-order valence-corrected chi connectivity index (χ1v) is 17.0. The van der Waals surface area contributed by atoms with Crippen LogP contribution in [0.4, 0.5) is 0 Å². The Balaban J connectivity index is 1.27. The van der Waals surface area contributed by atoms with Crippen molar-refractivity contribution in [2.75, 3.05) is 0 Å². The Morgan fingerprint density at radius 3 is 1.04 bits per heavy atom. The van der Waals surface area contributed by atoms with E-state index in [-0.39, 0.29) is 0 Å². The van der Waals surface area contributed by atoms with E-state index in [1.165, 1.54) is 10.8 Å². The van der Waals surface area contributed by atoms with Crippen LogP contribution in [0.3, 0.4) is 0 Å². The van der Waals surface area contributed by atoms with Crippen LogP contribution in [0.2, 0.25) is 0 Å². The summed E-state index contributed by atoms with van der Waals surface area (Å²) in [5, 5.41) is 6.93. The molecule has 7 nitrogen and oxygen atoms in total. The third-order valence-electron chi connectivity index (χ3n) is 10.0. The predicted molar refractivity (Wildman–Crippen MR) is 206 cm³/mol. The number of aromatic nitrogens is 7. The van der Waals surface area contributed by atoms with E-state index in [4.69, 9.17) is 15.0 Å². The Morgan fingerprint density at radius 1 is 0.333 bits per heavy atom. The number of hydrogen-bond donors (Lipinski definition) is 0. The van der Waals surface area contributed by atoms with Crippen LogP contribution < -0.4 is 0 Å². The molecule has 6 aromatic carbocycles. The Bertz CT molecular complexity index is 2870. The maximum atomic E-state index is 5.32. The van der Waals surface area contributed by atoms with Crippen LogP contribution in [0.5, 0.6) is 0 Å². The van der Waals surface area contributed by atoms with Gasteiger partial charge in [0.2, 0.25) is 11.9 Å². The fourth-order valence-corrected chi connectivity index (χ4v) is 7.89. The van der Waals surface area contributed by atoms with Gasteiger partial charge in [-0.15, -0.1) is 0 Å². The van der Waals surface area contributed by atoms with Crippen LogP contribution in [-0.2, 0) is 0 Å². The van der Waals surface area contributed by atoms with Crippen molar-refractivity contribution < 1.29 is 0 Å². The van der Waals surface area contributed by atoms with E-state index < -0.39 is 0 Å². The van der Waals surface area contributed by atoms with Crippen molar-refractivity contribution in [1.82, 2.24) is 33.6 Å². The molecule has 0 aliphatic rings. The lowest BCUT2D eigenvalue weighted by Crippen LogP contribution is -2.11. The topological polar surface area (TPSA) is 66.3 Å². The van der Waals surface area contributed by atoms with Crippen molar-refractivity contribution in [2.24, 2.45) is 0 Å². The number of fused-ring (bicyclic) bond motifs is 9. The van der Waals surface area contributed by atoms with Gasteiger partial charge in [0.15, 0.2) is 5.82 Å². The molecule has 238 valence electrons.